The largest absolute Gasteiger partial charge is 0.481 e. The van der Waals surface area contributed by atoms with Gasteiger partial charge in [0.1, 0.15) is 12.8 Å². The zero-order chi connectivity index (χ0) is 29.5. The first kappa shape index (κ1) is 30.9. The molecule has 13 heteroatoms. The highest BCUT2D eigenvalue weighted by molar-refractivity contribution is 6.14. The molecule has 0 bridgehead atoms. The van der Waals surface area contributed by atoms with E-state index in [1.165, 1.54) is 6.08 Å². The summed E-state index contributed by atoms with van der Waals surface area (Å²) >= 11 is 0. The summed E-state index contributed by atoms with van der Waals surface area (Å²) in [5.41, 5.74) is 4.13. The van der Waals surface area contributed by atoms with E-state index in [2.05, 4.69) is 16.8 Å². The lowest BCUT2D eigenvalue weighted by Crippen LogP contribution is -2.33. The van der Waals surface area contributed by atoms with Gasteiger partial charge in [-0.1, -0.05) is 12.2 Å². The predicted molar refractivity (Wildman–Crippen MR) is 129 cm³/mol. The molecule has 0 spiro atoms. The smallest absolute Gasteiger partial charge is 0.416 e. The van der Waals surface area contributed by atoms with E-state index in [9.17, 15) is 41.0 Å². The van der Waals surface area contributed by atoms with Crippen molar-refractivity contribution in [1.82, 2.24) is 10.8 Å². The molecule has 1 amide bonds. The average Bonchev–Trinajstić information content (AvgIpc) is 2.89. The topological polar surface area (TPSA) is 108 Å². The number of allylic oxidation sites excluding steroid dienone is 4. The quantitative estimate of drug-likeness (QED) is 0.0568. The standard InChI is InChI=1S/C27H26F6N2O5/c28-26(29,30)19-11-16(12-20(14-19)27(31,32)33)10-18-6-5-17-13-21(7-8-22(17)25(18)38)40-15-24(37)34-9-3-1-2-4-23(36)35-39/h10-14,24,34,37,39H,1-6,9,15H2,(H,35,36)/b18-10+. The number of halogens is 6. The lowest BCUT2D eigenvalue weighted by atomic mass is 9.83. The fourth-order valence-electron chi connectivity index (χ4n) is 4.03. The van der Waals surface area contributed by atoms with Gasteiger partial charge in [0.15, 0.2) is 11.5 Å². The Kier molecular flexibility index (Phi) is 10.2. The van der Waals surface area contributed by atoms with E-state index in [0.717, 1.165) is 6.08 Å². The van der Waals surface area contributed by atoms with E-state index in [4.69, 9.17) is 9.94 Å². The number of ether oxygens (including phenoxy) is 1. The monoisotopic (exact) mass is 572 g/mol. The van der Waals surface area contributed by atoms with Crippen LogP contribution in [0.3, 0.4) is 0 Å². The molecule has 1 aromatic rings. The zero-order valence-electron chi connectivity index (χ0n) is 21.0. The maximum atomic E-state index is 13.2. The van der Waals surface area contributed by atoms with Crippen molar-refractivity contribution in [3.8, 4) is 0 Å². The molecule has 0 aliphatic heterocycles. The molecule has 2 aliphatic carbocycles. The fraction of sp³-hybridized carbons (Fsp3) is 0.407. The van der Waals surface area contributed by atoms with E-state index in [-0.39, 0.29) is 48.8 Å². The van der Waals surface area contributed by atoms with Crippen LogP contribution in [0, 0.1) is 0 Å². The summed E-state index contributed by atoms with van der Waals surface area (Å²) in [6, 6.07) is 1.15. The van der Waals surface area contributed by atoms with Gasteiger partial charge in [-0.2, -0.15) is 26.3 Å². The number of hydrogen-bond acceptors (Lipinski definition) is 6. The highest BCUT2D eigenvalue weighted by Gasteiger charge is 2.37. The number of carbonyl (C=O) groups excluding carboxylic acids is 2. The minimum absolute atomic E-state index is 0.0267. The Morgan fingerprint density at radius 2 is 1.70 bits per heavy atom. The number of unbranched alkanes of at least 4 members (excludes halogenated alkanes) is 2. The van der Waals surface area contributed by atoms with Gasteiger partial charge >= 0.3 is 12.4 Å². The Morgan fingerprint density at radius 1 is 1.02 bits per heavy atom. The number of aliphatic hydroxyl groups is 1. The van der Waals surface area contributed by atoms with Crippen molar-refractivity contribution >= 4 is 17.8 Å². The number of benzene rings is 1. The second-order valence-electron chi connectivity index (χ2n) is 9.12. The van der Waals surface area contributed by atoms with Crippen molar-refractivity contribution in [3.63, 3.8) is 0 Å². The number of ketones is 1. The maximum Gasteiger partial charge on any atom is 0.416 e. The summed E-state index contributed by atoms with van der Waals surface area (Å²) in [7, 11) is 0. The van der Waals surface area contributed by atoms with Crippen LogP contribution >= 0.6 is 0 Å². The summed E-state index contributed by atoms with van der Waals surface area (Å²) in [6.07, 6.45) is -6.01. The van der Waals surface area contributed by atoms with Crippen molar-refractivity contribution in [1.29, 1.82) is 0 Å². The average molecular weight is 573 g/mol. The third-order valence-electron chi connectivity index (χ3n) is 6.05. The van der Waals surface area contributed by atoms with Gasteiger partial charge in [0.05, 0.1) is 16.7 Å². The number of alkyl halides is 6. The minimum Gasteiger partial charge on any atom is -0.481 e. The molecule has 1 fully saturated rings. The Balaban J connectivity index is 1.64. The normalized spacial score (nSPS) is 17.1. The van der Waals surface area contributed by atoms with Crippen LogP contribution in [-0.4, -0.2) is 41.4 Å². The van der Waals surface area contributed by atoms with Crippen LogP contribution in [-0.2, 0) is 26.7 Å². The fourth-order valence-corrected chi connectivity index (χ4v) is 4.03. The molecule has 216 valence electrons. The van der Waals surface area contributed by atoms with Crippen molar-refractivity contribution in [3.05, 3.63) is 74.9 Å². The maximum absolute atomic E-state index is 13.2. The Bertz CT molecular complexity index is 1270. The number of Topliss-reactive ketones (excluding diaryl/α,β-unsaturated/α-hetero) is 1. The highest BCUT2D eigenvalue weighted by atomic mass is 19.4. The number of carbonyl (C=O) groups is 2. The van der Waals surface area contributed by atoms with E-state index in [1.807, 2.05) is 0 Å². The van der Waals surface area contributed by atoms with E-state index < -0.39 is 47.0 Å². The second kappa shape index (κ2) is 13.2. The van der Waals surface area contributed by atoms with Crippen LogP contribution in [0.25, 0.3) is 6.08 Å². The first-order chi connectivity index (χ1) is 18.8. The molecule has 1 atom stereocenters. The van der Waals surface area contributed by atoms with Gasteiger partial charge < -0.3 is 9.84 Å². The number of amides is 1. The first-order valence-corrected chi connectivity index (χ1v) is 12.3. The third-order valence-corrected chi connectivity index (χ3v) is 6.05. The van der Waals surface area contributed by atoms with Gasteiger partial charge in [-0.3, -0.25) is 20.1 Å². The molecule has 4 N–H and O–H groups in total. The van der Waals surface area contributed by atoms with E-state index in [0.29, 0.717) is 43.5 Å². The molecule has 0 saturated heterocycles. The number of fused-ring (bicyclic) bond motifs is 1. The van der Waals surface area contributed by atoms with Crippen molar-refractivity contribution in [2.45, 2.75) is 57.1 Å². The van der Waals surface area contributed by atoms with Crippen molar-refractivity contribution in [2.24, 2.45) is 0 Å². The Hall–Kier alpha value is -3.60. The van der Waals surface area contributed by atoms with Gasteiger partial charge in [0.25, 0.3) is 0 Å². The molecule has 1 unspecified atom stereocenters. The van der Waals surface area contributed by atoms with Crippen LogP contribution in [0.2, 0.25) is 0 Å². The summed E-state index contributed by atoms with van der Waals surface area (Å²) in [4.78, 5) is 23.8. The van der Waals surface area contributed by atoms with Crippen molar-refractivity contribution in [2.75, 3.05) is 13.2 Å². The molecular formula is C27H26F6N2O5. The van der Waals surface area contributed by atoms with E-state index >= 15 is 0 Å². The molecule has 0 heterocycles. The number of aliphatic hydroxyl groups excluding tert-OH is 1. The number of hydroxylamine groups is 1. The van der Waals surface area contributed by atoms with Gasteiger partial charge in [-0.25, -0.2) is 5.48 Å². The highest BCUT2D eigenvalue weighted by Crippen LogP contribution is 2.38. The van der Waals surface area contributed by atoms with Gasteiger partial charge in [0, 0.05) is 12.0 Å². The molecule has 40 heavy (non-hydrogen) atoms. The molecule has 1 saturated carbocycles. The second-order valence-corrected chi connectivity index (χ2v) is 9.12. The number of hydrogen-bond donors (Lipinski definition) is 4. The molecule has 0 radical (unpaired) electrons. The molecule has 1 aromatic carbocycles. The predicted octanol–water partition coefficient (Wildman–Crippen LogP) is 4.97. The number of rotatable bonds is 11. The van der Waals surface area contributed by atoms with Gasteiger partial charge in [-0.15, -0.1) is 0 Å². The van der Waals surface area contributed by atoms with Gasteiger partial charge in [0.2, 0.25) is 5.91 Å². The van der Waals surface area contributed by atoms with Crippen molar-refractivity contribution < 1.29 is 51.0 Å². The third kappa shape index (κ3) is 8.70. The molecule has 7 nitrogen and oxygen atoms in total. The molecular weight excluding hydrogens is 546 g/mol. The first-order valence-electron chi connectivity index (χ1n) is 12.3. The van der Waals surface area contributed by atoms with Gasteiger partial charge in [-0.05, 0) is 79.4 Å². The summed E-state index contributed by atoms with van der Waals surface area (Å²) < 4.78 is 84.5. The Morgan fingerprint density at radius 3 is 2.33 bits per heavy atom. The number of nitrogens with one attached hydrogen (secondary N) is 2. The van der Waals surface area contributed by atoms with Crippen LogP contribution in [0.5, 0.6) is 0 Å². The van der Waals surface area contributed by atoms with E-state index in [1.54, 1.807) is 5.48 Å². The van der Waals surface area contributed by atoms with Crippen LogP contribution in [0.1, 0.15) is 55.2 Å². The van der Waals surface area contributed by atoms with Crippen LogP contribution in [0.4, 0.5) is 26.3 Å². The molecule has 0 aromatic heterocycles. The lowest BCUT2D eigenvalue weighted by molar-refractivity contribution is -0.143. The minimum atomic E-state index is -5.00. The molecule has 3 rings (SSSR count). The van der Waals surface area contributed by atoms with Crippen LogP contribution < -0.4 is 10.8 Å². The Labute approximate surface area is 225 Å². The lowest BCUT2D eigenvalue weighted by Gasteiger charge is -2.21. The zero-order valence-corrected chi connectivity index (χ0v) is 21.0. The van der Waals surface area contributed by atoms with Crippen LogP contribution in [0.15, 0.2) is 58.2 Å². The summed E-state index contributed by atoms with van der Waals surface area (Å²) in [5, 5.41) is 21.3. The summed E-state index contributed by atoms with van der Waals surface area (Å²) in [6.45, 7) is 0.303. The summed E-state index contributed by atoms with van der Waals surface area (Å²) in [5.74, 6) is -0.862. The molecule has 2 aliphatic rings. The SMILES string of the molecule is O=C(CCCCCNC(O)COC1=C=C=C2C(=O)/C(=C/c3cc(C(F)(F)F)cc(C(F)(F)F)c3)CCC2=C1)NO.